The standard InChI is InChI=1S/C16H15N3O5/c1-3-11-6-4-5-10(2)15(11)17-16(20)13-8-7-12(18(21)22)9-14(13)19(23)24/h4-9H,3H2,1-2H3,(H,17,20). The molecule has 8 heteroatoms. The van der Waals surface area contributed by atoms with Crippen LogP contribution >= 0.6 is 0 Å². The molecular formula is C16H15N3O5. The third-order valence-corrected chi connectivity index (χ3v) is 3.61. The average molecular weight is 329 g/mol. The molecule has 2 rings (SSSR count). The fourth-order valence-corrected chi connectivity index (χ4v) is 2.36. The predicted molar refractivity (Wildman–Crippen MR) is 88.3 cm³/mol. The summed E-state index contributed by atoms with van der Waals surface area (Å²) in [6.07, 6.45) is 0.680. The zero-order valence-corrected chi connectivity index (χ0v) is 13.1. The second-order valence-electron chi connectivity index (χ2n) is 5.13. The molecule has 0 fully saturated rings. The highest BCUT2D eigenvalue weighted by Gasteiger charge is 2.24. The number of hydrogen-bond donors (Lipinski definition) is 1. The van der Waals surface area contributed by atoms with Crippen molar-refractivity contribution >= 4 is 23.0 Å². The van der Waals surface area contributed by atoms with E-state index in [1.807, 2.05) is 32.0 Å². The van der Waals surface area contributed by atoms with E-state index in [2.05, 4.69) is 5.32 Å². The largest absolute Gasteiger partial charge is 0.321 e. The smallest absolute Gasteiger partial charge is 0.289 e. The summed E-state index contributed by atoms with van der Waals surface area (Å²) < 4.78 is 0. The van der Waals surface area contributed by atoms with Crippen LogP contribution in [-0.2, 0) is 6.42 Å². The lowest BCUT2D eigenvalue weighted by molar-refractivity contribution is -0.394. The summed E-state index contributed by atoms with van der Waals surface area (Å²) in [5, 5.41) is 24.6. The van der Waals surface area contributed by atoms with E-state index in [1.54, 1.807) is 0 Å². The third kappa shape index (κ3) is 3.37. The summed E-state index contributed by atoms with van der Waals surface area (Å²) in [4.78, 5) is 32.8. The Kier molecular flexibility index (Phi) is 4.88. The van der Waals surface area contributed by atoms with Crippen molar-refractivity contribution in [2.45, 2.75) is 20.3 Å². The molecule has 0 aromatic heterocycles. The van der Waals surface area contributed by atoms with Gasteiger partial charge >= 0.3 is 0 Å². The van der Waals surface area contributed by atoms with Gasteiger partial charge in [0, 0.05) is 11.8 Å². The fourth-order valence-electron chi connectivity index (χ4n) is 2.36. The number of hydrogen-bond acceptors (Lipinski definition) is 5. The van der Waals surface area contributed by atoms with Crippen LogP contribution in [0.2, 0.25) is 0 Å². The maximum atomic E-state index is 12.5. The molecular weight excluding hydrogens is 314 g/mol. The predicted octanol–water partition coefficient (Wildman–Crippen LogP) is 3.63. The molecule has 0 atom stereocenters. The Hall–Kier alpha value is -3.29. The van der Waals surface area contributed by atoms with Crippen LogP contribution in [0, 0.1) is 27.2 Å². The first-order valence-corrected chi connectivity index (χ1v) is 7.17. The van der Waals surface area contributed by atoms with Crippen molar-refractivity contribution in [3.63, 3.8) is 0 Å². The van der Waals surface area contributed by atoms with E-state index in [0.717, 1.165) is 29.3 Å². The number of nitro groups is 2. The highest BCUT2D eigenvalue weighted by atomic mass is 16.6. The van der Waals surface area contributed by atoms with Crippen LogP contribution in [0.4, 0.5) is 17.1 Å². The van der Waals surface area contributed by atoms with Gasteiger partial charge < -0.3 is 5.32 Å². The van der Waals surface area contributed by atoms with Crippen molar-refractivity contribution in [2.75, 3.05) is 5.32 Å². The molecule has 1 N–H and O–H groups in total. The highest BCUT2D eigenvalue weighted by Crippen LogP contribution is 2.27. The summed E-state index contributed by atoms with van der Waals surface area (Å²) in [5.74, 6) is -0.680. The molecule has 24 heavy (non-hydrogen) atoms. The highest BCUT2D eigenvalue weighted by molar-refractivity contribution is 6.08. The van der Waals surface area contributed by atoms with Crippen LogP contribution in [0.5, 0.6) is 0 Å². The number of carbonyl (C=O) groups excluding carboxylic acids is 1. The number of aryl methyl sites for hydroxylation is 2. The molecule has 0 unspecified atom stereocenters. The van der Waals surface area contributed by atoms with Crippen molar-refractivity contribution in [2.24, 2.45) is 0 Å². The van der Waals surface area contributed by atoms with Crippen molar-refractivity contribution in [3.8, 4) is 0 Å². The van der Waals surface area contributed by atoms with Gasteiger partial charge in [0.1, 0.15) is 5.56 Å². The number of nitro benzene ring substituents is 2. The molecule has 0 saturated carbocycles. The van der Waals surface area contributed by atoms with Crippen molar-refractivity contribution in [1.29, 1.82) is 0 Å². The van der Waals surface area contributed by atoms with E-state index in [9.17, 15) is 25.0 Å². The van der Waals surface area contributed by atoms with E-state index >= 15 is 0 Å². The Morgan fingerprint density at radius 2 is 1.83 bits per heavy atom. The third-order valence-electron chi connectivity index (χ3n) is 3.61. The molecule has 0 aliphatic heterocycles. The molecule has 0 saturated heterocycles. The number of anilines is 1. The Balaban J connectivity index is 2.44. The Morgan fingerprint density at radius 1 is 1.12 bits per heavy atom. The van der Waals surface area contributed by atoms with Crippen molar-refractivity contribution in [1.82, 2.24) is 0 Å². The van der Waals surface area contributed by atoms with Gasteiger partial charge in [-0.25, -0.2) is 0 Å². The first kappa shape index (κ1) is 17.1. The number of benzene rings is 2. The molecule has 0 bridgehead atoms. The summed E-state index contributed by atoms with van der Waals surface area (Å²) in [6, 6.07) is 8.48. The summed E-state index contributed by atoms with van der Waals surface area (Å²) in [7, 11) is 0. The zero-order valence-electron chi connectivity index (χ0n) is 13.1. The molecule has 8 nitrogen and oxygen atoms in total. The van der Waals surface area contributed by atoms with Crippen LogP contribution < -0.4 is 5.32 Å². The van der Waals surface area contributed by atoms with Crippen LogP contribution in [0.15, 0.2) is 36.4 Å². The summed E-state index contributed by atoms with van der Waals surface area (Å²) in [6.45, 7) is 3.75. The molecule has 0 heterocycles. The summed E-state index contributed by atoms with van der Waals surface area (Å²) in [5.41, 5.74) is 1.05. The lowest BCUT2D eigenvalue weighted by atomic mass is 10.0. The minimum Gasteiger partial charge on any atom is -0.321 e. The summed E-state index contributed by atoms with van der Waals surface area (Å²) >= 11 is 0. The molecule has 0 aliphatic rings. The molecule has 2 aromatic carbocycles. The molecule has 1 amide bonds. The number of non-ortho nitro benzene ring substituents is 1. The first-order chi connectivity index (χ1) is 11.3. The Morgan fingerprint density at radius 3 is 2.42 bits per heavy atom. The van der Waals surface area contributed by atoms with E-state index < -0.39 is 27.1 Å². The molecule has 124 valence electrons. The van der Waals surface area contributed by atoms with Crippen LogP contribution in [0.25, 0.3) is 0 Å². The number of rotatable bonds is 5. The molecule has 0 radical (unpaired) electrons. The number of amides is 1. The molecule has 0 spiro atoms. The van der Waals surface area contributed by atoms with E-state index in [0.29, 0.717) is 12.1 Å². The van der Waals surface area contributed by atoms with E-state index in [1.165, 1.54) is 0 Å². The topological polar surface area (TPSA) is 115 Å². The number of nitrogens with zero attached hydrogens (tertiary/aromatic N) is 2. The van der Waals surface area contributed by atoms with Gasteiger partial charge in [-0.15, -0.1) is 0 Å². The first-order valence-electron chi connectivity index (χ1n) is 7.17. The second kappa shape index (κ2) is 6.86. The van der Waals surface area contributed by atoms with Gasteiger partial charge in [-0.2, -0.15) is 0 Å². The average Bonchev–Trinajstić information content (AvgIpc) is 2.55. The van der Waals surface area contributed by atoms with Crippen LogP contribution in [0.1, 0.15) is 28.4 Å². The Labute approximate surface area is 137 Å². The van der Waals surface area contributed by atoms with Gasteiger partial charge in [0.2, 0.25) is 0 Å². The lowest BCUT2D eigenvalue weighted by Gasteiger charge is -2.13. The van der Waals surface area contributed by atoms with Gasteiger partial charge in [-0.3, -0.25) is 25.0 Å². The maximum absolute atomic E-state index is 12.5. The van der Waals surface area contributed by atoms with Gasteiger partial charge in [-0.1, -0.05) is 25.1 Å². The van der Waals surface area contributed by atoms with Gasteiger partial charge in [0.15, 0.2) is 0 Å². The monoisotopic (exact) mass is 329 g/mol. The maximum Gasteiger partial charge on any atom is 0.289 e. The zero-order chi connectivity index (χ0) is 17.9. The van der Waals surface area contributed by atoms with Crippen molar-refractivity contribution in [3.05, 3.63) is 73.3 Å². The molecule has 2 aromatic rings. The van der Waals surface area contributed by atoms with Crippen molar-refractivity contribution < 1.29 is 14.6 Å². The Bertz CT molecular complexity index is 832. The van der Waals surface area contributed by atoms with Crippen LogP contribution in [0.3, 0.4) is 0 Å². The SMILES string of the molecule is CCc1cccc(C)c1NC(=O)c1ccc([N+](=O)[O-])cc1[N+](=O)[O-]. The molecule has 0 aliphatic carbocycles. The van der Waals surface area contributed by atoms with Gasteiger partial charge in [-0.05, 0) is 30.5 Å². The quantitative estimate of drug-likeness (QED) is 0.664. The fraction of sp³-hybridized carbons (Fsp3) is 0.188. The van der Waals surface area contributed by atoms with E-state index in [-0.39, 0.29) is 5.56 Å². The number of para-hydroxylation sites is 1. The van der Waals surface area contributed by atoms with E-state index in [4.69, 9.17) is 0 Å². The van der Waals surface area contributed by atoms with Gasteiger partial charge in [0.25, 0.3) is 17.3 Å². The lowest BCUT2D eigenvalue weighted by Crippen LogP contribution is -2.16. The number of nitrogens with one attached hydrogen (secondary N) is 1. The van der Waals surface area contributed by atoms with Crippen LogP contribution in [-0.4, -0.2) is 15.8 Å². The second-order valence-corrected chi connectivity index (χ2v) is 5.13. The van der Waals surface area contributed by atoms with Gasteiger partial charge in [0.05, 0.1) is 15.9 Å². The normalized spacial score (nSPS) is 10.2. The minimum absolute atomic E-state index is 0.226. The minimum atomic E-state index is -0.805. The number of carbonyl (C=O) groups is 1.